The Hall–Kier alpha value is -1.71. The SMILES string of the molecule is O=C(O)c1ccc2c(c1)NCCN2C1CCCC1. The number of hydrogen-bond donors (Lipinski definition) is 2. The molecule has 96 valence electrons. The lowest BCUT2D eigenvalue weighted by molar-refractivity contribution is 0.0697. The van der Waals surface area contributed by atoms with Crippen LogP contribution in [0.1, 0.15) is 36.0 Å². The molecule has 0 atom stereocenters. The third kappa shape index (κ3) is 1.92. The first-order valence-corrected chi connectivity index (χ1v) is 6.63. The Balaban J connectivity index is 1.93. The van der Waals surface area contributed by atoms with Gasteiger partial charge < -0.3 is 15.3 Å². The van der Waals surface area contributed by atoms with Crippen molar-refractivity contribution >= 4 is 17.3 Å². The molecule has 0 unspecified atom stereocenters. The monoisotopic (exact) mass is 246 g/mol. The van der Waals surface area contributed by atoms with E-state index in [-0.39, 0.29) is 0 Å². The zero-order chi connectivity index (χ0) is 12.5. The van der Waals surface area contributed by atoms with E-state index in [0.29, 0.717) is 11.6 Å². The molecular weight excluding hydrogens is 228 g/mol. The average Bonchev–Trinajstić information content (AvgIpc) is 2.91. The molecule has 4 heteroatoms. The normalized spacial score (nSPS) is 19.4. The van der Waals surface area contributed by atoms with Gasteiger partial charge in [-0.05, 0) is 31.0 Å². The van der Waals surface area contributed by atoms with Crippen LogP contribution in [0.5, 0.6) is 0 Å². The molecule has 2 N–H and O–H groups in total. The maximum atomic E-state index is 11.0. The quantitative estimate of drug-likeness (QED) is 0.842. The molecule has 0 amide bonds. The van der Waals surface area contributed by atoms with Crippen molar-refractivity contribution in [3.05, 3.63) is 23.8 Å². The van der Waals surface area contributed by atoms with Crippen molar-refractivity contribution in [1.29, 1.82) is 0 Å². The topological polar surface area (TPSA) is 52.6 Å². The van der Waals surface area contributed by atoms with Crippen molar-refractivity contribution in [3.63, 3.8) is 0 Å². The molecule has 0 aromatic heterocycles. The fourth-order valence-corrected chi connectivity index (χ4v) is 3.09. The molecule has 1 aromatic carbocycles. The minimum Gasteiger partial charge on any atom is -0.478 e. The Labute approximate surface area is 107 Å². The first-order valence-electron chi connectivity index (χ1n) is 6.63. The lowest BCUT2D eigenvalue weighted by atomic mass is 10.1. The first-order chi connectivity index (χ1) is 8.75. The Morgan fingerprint density at radius 1 is 1.33 bits per heavy atom. The van der Waals surface area contributed by atoms with Crippen molar-refractivity contribution in [2.45, 2.75) is 31.7 Å². The molecule has 4 nitrogen and oxygen atoms in total. The number of nitrogens with zero attached hydrogens (tertiary/aromatic N) is 1. The van der Waals surface area contributed by atoms with Gasteiger partial charge in [-0.1, -0.05) is 12.8 Å². The van der Waals surface area contributed by atoms with Crippen LogP contribution in [0.15, 0.2) is 18.2 Å². The fourth-order valence-electron chi connectivity index (χ4n) is 3.09. The van der Waals surface area contributed by atoms with Crippen LogP contribution in [0.4, 0.5) is 11.4 Å². The van der Waals surface area contributed by atoms with Gasteiger partial charge in [-0.15, -0.1) is 0 Å². The van der Waals surface area contributed by atoms with Gasteiger partial charge in [0.25, 0.3) is 0 Å². The van der Waals surface area contributed by atoms with E-state index in [9.17, 15) is 4.79 Å². The molecule has 1 saturated carbocycles. The van der Waals surface area contributed by atoms with E-state index >= 15 is 0 Å². The van der Waals surface area contributed by atoms with Crippen LogP contribution in [0.25, 0.3) is 0 Å². The van der Waals surface area contributed by atoms with E-state index in [1.54, 1.807) is 12.1 Å². The molecule has 1 aromatic rings. The highest BCUT2D eigenvalue weighted by atomic mass is 16.4. The van der Waals surface area contributed by atoms with Gasteiger partial charge in [0, 0.05) is 19.1 Å². The van der Waals surface area contributed by atoms with E-state index in [1.165, 1.54) is 25.7 Å². The van der Waals surface area contributed by atoms with Crippen LogP contribution in [0.3, 0.4) is 0 Å². The van der Waals surface area contributed by atoms with Crippen molar-refractivity contribution in [2.75, 3.05) is 23.3 Å². The van der Waals surface area contributed by atoms with Gasteiger partial charge in [-0.25, -0.2) is 4.79 Å². The van der Waals surface area contributed by atoms with Gasteiger partial charge in [0.05, 0.1) is 16.9 Å². The summed E-state index contributed by atoms with van der Waals surface area (Å²) in [5.74, 6) is -0.863. The van der Waals surface area contributed by atoms with E-state index in [1.807, 2.05) is 6.07 Å². The van der Waals surface area contributed by atoms with Gasteiger partial charge in [0.1, 0.15) is 0 Å². The largest absolute Gasteiger partial charge is 0.478 e. The van der Waals surface area contributed by atoms with Crippen LogP contribution in [0, 0.1) is 0 Å². The summed E-state index contributed by atoms with van der Waals surface area (Å²) in [6, 6.07) is 6.04. The summed E-state index contributed by atoms with van der Waals surface area (Å²) in [7, 11) is 0. The summed E-state index contributed by atoms with van der Waals surface area (Å²) in [5.41, 5.74) is 2.49. The Bertz CT molecular complexity index is 467. The standard InChI is InChI=1S/C14H18N2O2/c17-14(18)10-5-6-13-12(9-10)15-7-8-16(13)11-3-1-2-4-11/h5-6,9,11,15H,1-4,7-8H2,(H,17,18). The number of carboxylic acid groups (broad SMARTS) is 1. The van der Waals surface area contributed by atoms with Gasteiger partial charge in [-0.2, -0.15) is 0 Å². The second kappa shape index (κ2) is 4.52. The molecule has 0 bridgehead atoms. The van der Waals surface area contributed by atoms with Crippen LogP contribution in [-0.4, -0.2) is 30.2 Å². The summed E-state index contributed by atoms with van der Waals surface area (Å²) in [5, 5.41) is 12.3. The second-order valence-corrected chi connectivity index (χ2v) is 5.10. The molecule has 1 heterocycles. The van der Waals surface area contributed by atoms with E-state index in [2.05, 4.69) is 10.2 Å². The van der Waals surface area contributed by atoms with Crippen LogP contribution in [-0.2, 0) is 0 Å². The van der Waals surface area contributed by atoms with Crippen LogP contribution < -0.4 is 10.2 Å². The predicted molar refractivity (Wildman–Crippen MR) is 71.5 cm³/mol. The fraction of sp³-hybridized carbons (Fsp3) is 0.500. The summed E-state index contributed by atoms with van der Waals surface area (Å²) in [6.07, 6.45) is 5.16. The highest BCUT2D eigenvalue weighted by Gasteiger charge is 2.26. The number of nitrogens with one attached hydrogen (secondary N) is 1. The zero-order valence-corrected chi connectivity index (χ0v) is 10.4. The third-order valence-electron chi connectivity index (χ3n) is 3.99. The molecule has 1 aliphatic heterocycles. The lowest BCUT2D eigenvalue weighted by Gasteiger charge is -2.36. The maximum Gasteiger partial charge on any atom is 0.335 e. The number of carboxylic acids is 1. The number of aromatic carboxylic acids is 1. The van der Waals surface area contributed by atoms with Crippen molar-refractivity contribution in [2.24, 2.45) is 0 Å². The molecule has 0 spiro atoms. The van der Waals surface area contributed by atoms with Crippen molar-refractivity contribution < 1.29 is 9.90 Å². The molecule has 0 radical (unpaired) electrons. The molecule has 3 rings (SSSR count). The highest BCUT2D eigenvalue weighted by Crippen LogP contribution is 2.35. The van der Waals surface area contributed by atoms with E-state index < -0.39 is 5.97 Å². The number of fused-ring (bicyclic) bond motifs is 1. The number of benzene rings is 1. The van der Waals surface area contributed by atoms with E-state index in [0.717, 1.165) is 24.5 Å². The van der Waals surface area contributed by atoms with Crippen LogP contribution in [0.2, 0.25) is 0 Å². The zero-order valence-electron chi connectivity index (χ0n) is 10.4. The minimum atomic E-state index is -0.863. The third-order valence-corrected chi connectivity index (χ3v) is 3.99. The number of anilines is 2. The number of hydrogen-bond acceptors (Lipinski definition) is 3. The molecule has 2 aliphatic rings. The molecule has 18 heavy (non-hydrogen) atoms. The smallest absolute Gasteiger partial charge is 0.335 e. The Kier molecular flexibility index (Phi) is 2.86. The first kappa shape index (κ1) is 11.4. The molecule has 1 aliphatic carbocycles. The summed E-state index contributed by atoms with van der Waals surface area (Å²) >= 11 is 0. The number of rotatable bonds is 2. The second-order valence-electron chi connectivity index (χ2n) is 5.10. The Morgan fingerprint density at radius 3 is 2.83 bits per heavy atom. The minimum absolute atomic E-state index is 0.356. The summed E-state index contributed by atoms with van der Waals surface area (Å²) < 4.78 is 0. The van der Waals surface area contributed by atoms with Crippen molar-refractivity contribution in [3.8, 4) is 0 Å². The van der Waals surface area contributed by atoms with Crippen molar-refractivity contribution in [1.82, 2.24) is 0 Å². The molecule has 1 fully saturated rings. The summed E-state index contributed by atoms with van der Waals surface area (Å²) in [4.78, 5) is 13.4. The number of carbonyl (C=O) groups is 1. The van der Waals surface area contributed by atoms with E-state index in [4.69, 9.17) is 5.11 Å². The molecule has 0 saturated heterocycles. The lowest BCUT2D eigenvalue weighted by Crippen LogP contribution is -2.40. The summed E-state index contributed by atoms with van der Waals surface area (Å²) in [6.45, 7) is 1.91. The van der Waals surface area contributed by atoms with Gasteiger partial charge >= 0.3 is 5.97 Å². The Morgan fingerprint density at radius 2 is 2.11 bits per heavy atom. The van der Waals surface area contributed by atoms with Gasteiger partial charge in [0.2, 0.25) is 0 Å². The van der Waals surface area contributed by atoms with Crippen LogP contribution >= 0.6 is 0 Å². The maximum absolute atomic E-state index is 11.0. The van der Waals surface area contributed by atoms with Gasteiger partial charge in [-0.3, -0.25) is 0 Å². The predicted octanol–water partition coefficient (Wildman–Crippen LogP) is 2.56. The molecular formula is C14H18N2O2. The van der Waals surface area contributed by atoms with Gasteiger partial charge in [0.15, 0.2) is 0 Å². The average molecular weight is 246 g/mol. The highest BCUT2D eigenvalue weighted by molar-refractivity contribution is 5.91.